The SMILES string of the molecule is CCCNC(C)c1cnc(-c2ccco2)s1. The van der Waals surface area contributed by atoms with Crippen molar-refractivity contribution in [3.63, 3.8) is 0 Å². The normalized spacial score (nSPS) is 12.9. The minimum Gasteiger partial charge on any atom is -0.462 e. The molecule has 0 fully saturated rings. The summed E-state index contributed by atoms with van der Waals surface area (Å²) in [6.07, 6.45) is 4.75. The van der Waals surface area contributed by atoms with Gasteiger partial charge in [-0.1, -0.05) is 6.92 Å². The Morgan fingerprint density at radius 2 is 2.44 bits per heavy atom. The lowest BCUT2D eigenvalue weighted by Gasteiger charge is -2.09. The highest BCUT2D eigenvalue weighted by molar-refractivity contribution is 7.15. The Hall–Kier alpha value is -1.13. The molecule has 0 saturated carbocycles. The van der Waals surface area contributed by atoms with Gasteiger partial charge in [0.25, 0.3) is 0 Å². The molecule has 1 atom stereocenters. The zero-order valence-corrected chi connectivity index (χ0v) is 10.4. The van der Waals surface area contributed by atoms with Crippen LogP contribution >= 0.6 is 11.3 Å². The molecule has 0 bridgehead atoms. The number of hydrogen-bond acceptors (Lipinski definition) is 4. The van der Waals surface area contributed by atoms with E-state index in [-0.39, 0.29) is 0 Å². The fourth-order valence-corrected chi connectivity index (χ4v) is 2.37. The lowest BCUT2D eigenvalue weighted by molar-refractivity contribution is 0.577. The van der Waals surface area contributed by atoms with Gasteiger partial charge in [0.2, 0.25) is 0 Å². The van der Waals surface area contributed by atoms with Gasteiger partial charge in [-0.3, -0.25) is 0 Å². The van der Waals surface area contributed by atoms with Crippen LogP contribution in [-0.4, -0.2) is 11.5 Å². The minimum atomic E-state index is 0.362. The Kier molecular flexibility index (Phi) is 3.74. The van der Waals surface area contributed by atoms with Crippen molar-refractivity contribution < 1.29 is 4.42 Å². The van der Waals surface area contributed by atoms with Gasteiger partial charge in [0.05, 0.1) is 6.26 Å². The van der Waals surface area contributed by atoms with E-state index in [1.54, 1.807) is 17.6 Å². The van der Waals surface area contributed by atoms with Gasteiger partial charge in [-0.25, -0.2) is 4.98 Å². The van der Waals surface area contributed by atoms with E-state index in [1.165, 1.54) is 4.88 Å². The molecular formula is C12H16N2OS. The second kappa shape index (κ2) is 5.27. The first-order chi connectivity index (χ1) is 7.81. The zero-order valence-electron chi connectivity index (χ0n) is 9.56. The molecule has 1 N–H and O–H groups in total. The van der Waals surface area contributed by atoms with Crippen LogP contribution < -0.4 is 5.32 Å². The molecule has 0 saturated heterocycles. The van der Waals surface area contributed by atoms with E-state index < -0.39 is 0 Å². The number of furan rings is 1. The van der Waals surface area contributed by atoms with Crippen LogP contribution in [0.5, 0.6) is 0 Å². The highest BCUT2D eigenvalue weighted by Gasteiger charge is 2.11. The van der Waals surface area contributed by atoms with Crippen molar-refractivity contribution >= 4 is 11.3 Å². The number of aromatic nitrogens is 1. The molecule has 86 valence electrons. The van der Waals surface area contributed by atoms with E-state index in [0.717, 1.165) is 23.7 Å². The number of hydrogen-bond donors (Lipinski definition) is 1. The Bertz CT molecular complexity index is 422. The van der Waals surface area contributed by atoms with E-state index in [4.69, 9.17) is 4.42 Å². The second-order valence-electron chi connectivity index (χ2n) is 3.72. The number of rotatable bonds is 5. The molecule has 0 aliphatic heterocycles. The average Bonchev–Trinajstić information content (AvgIpc) is 2.94. The summed E-state index contributed by atoms with van der Waals surface area (Å²) in [5.74, 6) is 0.846. The van der Waals surface area contributed by atoms with Gasteiger partial charge in [-0.2, -0.15) is 0 Å². The number of thiazole rings is 1. The largest absolute Gasteiger partial charge is 0.462 e. The topological polar surface area (TPSA) is 38.1 Å². The molecule has 3 nitrogen and oxygen atoms in total. The first-order valence-electron chi connectivity index (χ1n) is 5.54. The molecule has 0 aromatic carbocycles. The van der Waals surface area contributed by atoms with Gasteiger partial charge in [-0.15, -0.1) is 11.3 Å². The first kappa shape index (κ1) is 11.4. The summed E-state index contributed by atoms with van der Waals surface area (Å²) >= 11 is 1.68. The quantitative estimate of drug-likeness (QED) is 0.864. The maximum atomic E-state index is 5.32. The molecule has 0 spiro atoms. The zero-order chi connectivity index (χ0) is 11.4. The van der Waals surface area contributed by atoms with Crippen LogP contribution in [0.1, 0.15) is 31.2 Å². The molecule has 2 aromatic rings. The van der Waals surface area contributed by atoms with Crippen molar-refractivity contribution in [1.82, 2.24) is 10.3 Å². The number of nitrogens with one attached hydrogen (secondary N) is 1. The van der Waals surface area contributed by atoms with Crippen LogP contribution in [0, 0.1) is 0 Å². The maximum absolute atomic E-state index is 5.32. The predicted molar refractivity (Wildman–Crippen MR) is 66.5 cm³/mol. The molecular weight excluding hydrogens is 220 g/mol. The molecule has 0 aliphatic rings. The molecule has 16 heavy (non-hydrogen) atoms. The Balaban J connectivity index is 2.07. The summed E-state index contributed by atoms with van der Waals surface area (Å²) in [5, 5.41) is 4.40. The molecule has 2 rings (SSSR count). The third-order valence-corrected chi connectivity index (χ3v) is 3.58. The Morgan fingerprint density at radius 1 is 1.56 bits per heavy atom. The fourth-order valence-electron chi connectivity index (χ4n) is 1.46. The highest BCUT2D eigenvalue weighted by atomic mass is 32.1. The lowest BCUT2D eigenvalue weighted by atomic mass is 10.3. The van der Waals surface area contributed by atoms with Crippen molar-refractivity contribution in [2.45, 2.75) is 26.3 Å². The third kappa shape index (κ3) is 2.51. The molecule has 0 aliphatic carbocycles. The third-order valence-electron chi connectivity index (χ3n) is 2.38. The van der Waals surface area contributed by atoms with Gasteiger partial charge in [-0.05, 0) is 32.0 Å². The van der Waals surface area contributed by atoms with Crippen LogP contribution in [0.25, 0.3) is 10.8 Å². The number of nitrogens with zero attached hydrogens (tertiary/aromatic N) is 1. The van der Waals surface area contributed by atoms with E-state index in [2.05, 4.69) is 24.1 Å². The summed E-state index contributed by atoms with van der Waals surface area (Å²) in [6, 6.07) is 4.18. The summed E-state index contributed by atoms with van der Waals surface area (Å²) in [5.41, 5.74) is 0. The highest BCUT2D eigenvalue weighted by Crippen LogP contribution is 2.28. The molecule has 1 unspecified atom stereocenters. The van der Waals surface area contributed by atoms with Crippen molar-refractivity contribution in [2.75, 3.05) is 6.54 Å². The maximum Gasteiger partial charge on any atom is 0.162 e. The predicted octanol–water partition coefficient (Wildman–Crippen LogP) is 3.46. The minimum absolute atomic E-state index is 0.362. The molecule has 2 aromatic heterocycles. The summed E-state index contributed by atoms with van der Waals surface area (Å²) in [7, 11) is 0. The van der Waals surface area contributed by atoms with Gasteiger partial charge in [0, 0.05) is 17.1 Å². The van der Waals surface area contributed by atoms with Gasteiger partial charge < -0.3 is 9.73 Å². The van der Waals surface area contributed by atoms with E-state index in [1.807, 2.05) is 18.3 Å². The Labute approximate surface area is 99.5 Å². The summed E-state index contributed by atoms with van der Waals surface area (Å²) in [4.78, 5) is 5.62. The van der Waals surface area contributed by atoms with Crippen molar-refractivity contribution in [1.29, 1.82) is 0 Å². The first-order valence-corrected chi connectivity index (χ1v) is 6.36. The van der Waals surface area contributed by atoms with Gasteiger partial charge in [0.15, 0.2) is 10.8 Å². The van der Waals surface area contributed by atoms with Crippen LogP contribution in [0.3, 0.4) is 0 Å². The van der Waals surface area contributed by atoms with Crippen LogP contribution in [0.4, 0.5) is 0 Å². The molecule has 0 radical (unpaired) electrons. The monoisotopic (exact) mass is 236 g/mol. The van der Waals surface area contributed by atoms with Gasteiger partial charge in [0.1, 0.15) is 0 Å². The summed E-state index contributed by atoms with van der Waals surface area (Å²) in [6.45, 7) is 5.37. The van der Waals surface area contributed by atoms with Crippen molar-refractivity contribution in [3.05, 3.63) is 29.5 Å². The summed E-state index contributed by atoms with van der Waals surface area (Å²) < 4.78 is 5.32. The van der Waals surface area contributed by atoms with Crippen LogP contribution in [-0.2, 0) is 0 Å². The smallest absolute Gasteiger partial charge is 0.162 e. The van der Waals surface area contributed by atoms with Crippen LogP contribution in [0.15, 0.2) is 29.0 Å². The average molecular weight is 236 g/mol. The Morgan fingerprint density at radius 3 is 3.12 bits per heavy atom. The van der Waals surface area contributed by atoms with Crippen molar-refractivity contribution in [2.24, 2.45) is 0 Å². The fraction of sp³-hybridized carbons (Fsp3) is 0.417. The molecule has 4 heteroatoms. The van der Waals surface area contributed by atoms with E-state index >= 15 is 0 Å². The second-order valence-corrected chi connectivity index (χ2v) is 4.78. The van der Waals surface area contributed by atoms with E-state index in [9.17, 15) is 0 Å². The standard InChI is InChI=1S/C12H16N2OS/c1-3-6-13-9(2)11-8-14-12(16-11)10-5-4-7-15-10/h4-5,7-9,13H,3,6H2,1-2H3. The molecule has 2 heterocycles. The van der Waals surface area contributed by atoms with Gasteiger partial charge >= 0.3 is 0 Å². The molecule has 0 amide bonds. The van der Waals surface area contributed by atoms with E-state index in [0.29, 0.717) is 6.04 Å². The lowest BCUT2D eigenvalue weighted by Crippen LogP contribution is -2.18. The van der Waals surface area contributed by atoms with Crippen LogP contribution in [0.2, 0.25) is 0 Å². The van der Waals surface area contributed by atoms with Crippen molar-refractivity contribution in [3.8, 4) is 10.8 Å².